The Balaban J connectivity index is 1.90. The van der Waals surface area contributed by atoms with Crippen molar-refractivity contribution in [1.82, 2.24) is 0 Å². The quantitative estimate of drug-likeness (QED) is 0.280. The van der Waals surface area contributed by atoms with Crippen molar-refractivity contribution in [3.63, 3.8) is 0 Å². The van der Waals surface area contributed by atoms with Gasteiger partial charge in [0.2, 0.25) is 5.52 Å². The summed E-state index contributed by atoms with van der Waals surface area (Å²) in [6.45, 7) is 13.5. The molecule has 0 spiro atoms. The van der Waals surface area contributed by atoms with Crippen LogP contribution in [0.3, 0.4) is 0 Å². The van der Waals surface area contributed by atoms with Gasteiger partial charge in [0.05, 0.1) is 10.9 Å². The molecule has 0 aliphatic carbocycles. The van der Waals surface area contributed by atoms with E-state index in [1.807, 2.05) is 0 Å². The Labute approximate surface area is 185 Å². The zero-order valence-corrected chi connectivity index (χ0v) is 19.8. The van der Waals surface area contributed by atoms with Crippen LogP contribution in [0.2, 0.25) is 0 Å². The first-order valence-electron chi connectivity index (χ1n) is 11.5. The highest BCUT2D eigenvalue weighted by molar-refractivity contribution is 6.05. The Kier molecular flexibility index (Phi) is 4.58. The Hall–Kier alpha value is -2.87. The monoisotopic (exact) mass is 410 g/mol. The minimum absolute atomic E-state index is 0.459. The van der Waals surface area contributed by atoms with Crippen molar-refractivity contribution in [2.24, 2.45) is 13.0 Å². The predicted molar refractivity (Wildman–Crippen MR) is 130 cm³/mol. The van der Waals surface area contributed by atoms with E-state index in [1.165, 1.54) is 55.2 Å². The van der Waals surface area contributed by atoms with Gasteiger partial charge in [-0.15, -0.1) is 0 Å². The first-order valence-corrected chi connectivity index (χ1v) is 11.5. The van der Waals surface area contributed by atoms with Crippen LogP contribution in [0.5, 0.6) is 11.5 Å². The lowest BCUT2D eigenvalue weighted by Crippen LogP contribution is -2.34. The second-order valence-electron chi connectivity index (χ2n) is 9.93. The van der Waals surface area contributed by atoms with Crippen LogP contribution < -0.4 is 9.30 Å². The van der Waals surface area contributed by atoms with Crippen molar-refractivity contribution in [2.75, 3.05) is 0 Å². The molecular weight excluding hydrogens is 378 g/mol. The number of pyridine rings is 1. The van der Waals surface area contributed by atoms with E-state index in [0.717, 1.165) is 17.9 Å². The molecule has 4 aromatic rings. The number of benzene rings is 3. The van der Waals surface area contributed by atoms with E-state index in [0.29, 0.717) is 11.8 Å². The number of hydrogen-bond donors (Lipinski definition) is 0. The van der Waals surface area contributed by atoms with Crippen LogP contribution in [0, 0.1) is 19.8 Å². The van der Waals surface area contributed by atoms with E-state index in [-0.39, 0.29) is 0 Å². The zero-order chi connectivity index (χ0) is 22.0. The molecule has 1 aromatic heterocycles. The van der Waals surface area contributed by atoms with Gasteiger partial charge in [0.1, 0.15) is 12.8 Å². The molecule has 3 aromatic carbocycles. The molecule has 31 heavy (non-hydrogen) atoms. The third-order valence-corrected chi connectivity index (χ3v) is 6.87. The van der Waals surface area contributed by atoms with Crippen LogP contribution in [-0.2, 0) is 13.5 Å². The molecule has 1 aliphatic heterocycles. The maximum atomic E-state index is 6.66. The van der Waals surface area contributed by atoms with Crippen LogP contribution in [0.15, 0.2) is 42.5 Å². The van der Waals surface area contributed by atoms with Gasteiger partial charge in [-0.2, -0.15) is 4.57 Å². The molecule has 0 saturated heterocycles. The molecule has 0 radical (unpaired) electrons. The molecule has 0 atom stereocenters. The maximum absolute atomic E-state index is 6.66. The van der Waals surface area contributed by atoms with Crippen LogP contribution in [0.1, 0.15) is 55.9 Å². The largest absolute Gasteiger partial charge is 0.450 e. The van der Waals surface area contributed by atoms with E-state index < -0.39 is 0 Å². The number of aryl methyl sites for hydroxylation is 2. The topological polar surface area (TPSA) is 13.1 Å². The summed E-state index contributed by atoms with van der Waals surface area (Å²) < 4.78 is 9.01. The second kappa shape index (κ2) is 7.09. The molecule has 2 heteroatoms. The van der Waals surface area contributed by atoms with Gasteiger partial charge in [0, 0.05) is 17.5 Å². The molecule has 0 N–H and O–H groups in total. The zero-order valence-electron chi connectivity index (χ0n) is 19.8. The van der Waals surface area contributed by atoms with Gasteiger partial charge in [-0.1, -0.05) is 52.0 Å². The average molecular weight is 411 g/mol. The summed E-state index contributed by atoms with van der Waals surface area (Å²) in [5.74, 6) is 3.03. The fourth-order valence-electron chi connectivity index (χ4n) is 5.13. The van der Waals surface area contributed by atoms with Gasteiger partial charge in [-0.3, -0.25) is 0 Å². The van der Waals surface area contributed by atoms with Crippen molar-refractivity contribution in [3.05, 3.63) is 64.7 Å². The molecular formula is C29H32NO+. The average Bonchev–Trinajstić information content (AvgIpc) is 2.71. The van der Waals surface area contributed by atoms with Gasteiger partial charge in [0.15, 0.2) is 5.75 Å². The van der Waals surface area contributed by atoms with Gasteiger partial charge < -0.3 is 4.74 Å². The van der Waals surface area contributed by atoms with E-state index in [9.17, 15) is 0 Å². The lowest BCUT2D eigenvalue weighted by atomic mass is 9.88. The number of fused-ring (bicyclic) bond motifs is 3. The van der Waals surface area contributed by atoms with Gasteiger partial charge in [-0.05, 0) is 65.8 Å². The van der Waals surface area contributed by atoms with Crippen molar-refractivity contribution in [3.8, 4) is 22.8 Å². The molecule has 5 rings (SSSR count). The summed E-state index contributed by atoms with van der Waals surface area (Å²) in [6, 6.07) is 15.9. The summed E-state index contributed by atoms with van der Waals surface area (Å²) >= 11 is 0. The Morgan fingerprint density at radius 2 is 1.71 bits per heavy atom. The van der Waals surface area contributed by atoms with Crippen LogP contribution >= 0.6 is 0 Å². The molecule has 0 amide bonds. The van der Waals surface area contributed by atoms with Crippen molar-refractivity contribution in [2.45, 2.75) is 53.9 Å². The second-order valence-corrected chi connectivity index (χ2v) is 9.93. The molecule has 2 nitrogen and oxygen atoms in total. The summed E-state index contributed by atoms with van der Waals surface area (Å²) in [7, 11) is 2.19. The van der Waals surface area contributed by atoms with Crippen molar-refractivity contribution >= 4 is 21.7 Å². The van der Waals surface area contributed by atoms with E-state index in [4.69, 9.17) is 4.74 Å². The molecule has 2 heterocycles. The Morgan fingerprint density at radius 1 is 0.935 bits per heavy atom. The highest BCUT2D eigenvalue weighted by Crippen LogP contribution is 2.49. The van der Waals surface area contributed by atoms with Gasteiger partial charge >= 0.3 is 0 Å². The number of rotatable bonds is 3. The molecule has 0 fully saturated rings. The summed E-state index contributed by atoms with van der Waals surface area (Å²) in [5, 5.41) is 3.81. The highest BCUT2D eigenvalue weighted by Gasteiger charge is 2.32. The Morgan fingerprint density at radius 3 is 2.42 bits per heavy atom. The van der Waals surface area contributed by atoms with Crippen LogP contribution in [-0.4, -0.2) is 0 Å². The first kappa shape index (κ1) is 20.1. The number of ether oxygens (including phenoxy) is 1. The fourth-order valence-corrected chi connectivity index (χ4v) is 5.13. The number of nitrogens with zero attached hydrogens (tertiary/aromatic N) is 1. The van der Waals surface area contributed by atoms with Gasteiger partial charge in [0.25, 0.3) is 5.69 Å². The minimum Gasteiger partial charge on any atom is -0.450 e. The lowest BCUT2D eigenvalue weighted by molar-refractivity contribution is -0.633. The van der Waals surface area contributed by atoms with E-state index in [1.54, 1.807) is 0 Å². The smallest absolute Gasteiger partial charge is 0.256 e. The molecule has 0 saturated carbocycles. The molecule has 0 unspecified atom stereocenters. The summed E-state index contributed by atoms with van der Waals surface area (Å²) in [5.41, 5.74) is 9.15. The first-order chi connectivity index (χ1) is 14.8. The highest BCUT2D eigenvalue weighted by atomic mass is 16.5. The van der Waals surface area contributed by atoms with E-state index >= 15 is 0 Å². The molecule has 1 aliphatic rings. The number of aromatic nitrogens is 1. The fraction of sp³-hybridized carbons (Fsp3) is 0.345. The lowest BCUT2D eigenvalue weighted by Gasteiger charge is -2.24. The third-order valence-electron chi connectivity index (χ3n) is 6.87. The maximum Gasteiger partial charge on any atom is 0.256 e. The van der Waals surface area contributed by atoms with Crippen molar-refractivity contribution in [1.29, 1.82) is 0 Å². The van der Waals surface area contributed by atoms with Gasteiger partial charge in [-0.25, -0.2) is 0 Å². The Bertz CT molecular complexity index is 1360. The predicted octanol–water partition coefficient (Wildman–Crippen LogP) is 7.53. The molecule has 158 valence electrons. The normalized spacial score (nSPS) is 12.7. The SMILES string of the molecule is Cc1cc2cc(C(C)C)cc3c2c(c1C)-c1c(cc2c(CC(C)C)cccc2[n+]1C)O3. The molecule has 0 bridgehead atoms. The van der Waals surface area contributed by atoms with Crippen molar-refractivity contribution < 1.29 is 9.30 Å². The van der Waals surface area contributed by atoms with Crippen LogP contribution in [0.25, 0.3) is 32.9 Å². The minimum atomic E-state index is 0.459. The standard InChI is InChI=1S/C29H32NO/c1-16(2)11-20-9-8-10-24-23(20)15-26-29(30(24)7)27-19(6)18(5)12-22-13-21(17(3)4)14-25(31-26)28(22)27/h8-10,12-17H,11H2,1-7H3/q+1. The summed E-state index contributed by atoms with van der Waals surface area (Å²) in [6.07, 6.45) is 1.07. The summed E-state index contributed by atoms with van der Waals surface area (Å²) in [4.78, 5) is 0. The third kappa shape index (κ3) is 3.04. The van der Waals surface area contributed by atoms with Crippen LogP contribution in [0.4, 0.5) is 0 Å². The van der Waals surface area contributed by atoms with E-state index in [2.05, 4.69) is 95.6 Å². The number of hydrogen-bond acceptors (Lipinski definition) is 1.